The van der Waals surface area contributed by atoms with E-state index in [0.29, 0.717) is 0 Å². The maximum atomic E-state index is 11.5. The number of rotatable bonds is 5. The number of nitrogens with zero attached hydrogens (tertiary/aromatic N) is 1. The fourth-order valence-electron chi connectivity index (χ4n) is 1.10. The van der Waals surface area contributed by atoms with Gasteiger partial charge in [0.2, 0.25) is 0 Å². The van der Waals surface area contributed by atoms with Gasteiger partial charge in [0, 0.05) is 19.2 Å². The molecule has 1 aromatic rings. The number of carbonyl (C=O) groups is 2. The molecule has 1 rings (SSSR count). The molecule has 0 aliphatic carbocycles. The lowest BCUT2D eigenvalue weighted by Gasteiger charge is -2.07. The summed E-state index contributed by atoms with van der Waals surface area (Å²) in [6, 6.07) is 2.79. The van der Waals surface area contributed by atoms with Gasteiger partial charge in [-0.05, 0) is 12.1 Å². The zero-order valence-electron chi connectivity index (χ0n) is 8.83. The molecule has 4 N–H and O–H groups in total. The van der Waals surface area contributed by atoms with Crippen molar-refractivity contribution in [3.8, 4) is 5.75 Å². The normalized spacial score (nSPS) is 11.8. The van der Waals surface area contributed by atoms with Crippen molar-refractivity contribution in [3.05, 3.63) is 24.0 Å². The van der Waals surface area contributed by atoms with Gasteiger partial charge in [-0.3, -0.25) is 4.79 Å². The van der Waals surface area contributed by atoms with Crippen LogP contribution >= 0.6 is 0 Å². The van der Waals surface area contributed by atoms with E-state index in [1.165, 1.54) is 18.3 Å². The van der Waals surface area contributed by atoms with Gasteiger partial charge >= 0.3 is 5.97 Å². The summed E-state index contributed by atoms with van der Waals surface area (Å²) in [5, 5.41) is 29.0. The smallest absolute Gasteiger partial charge is 0.332 e. The average Bonchev–Trinajstić information content (AvgIpc) is 2.29. The third-order valence-corrected chi connectivity index (χ3v) is 1.99. The van der Waals surface area contributed by atoms with Crippen LogP contribution in [-0.2, 0) is 4.79 Å². The second kappa shape index (κ2) is 5.80. The second-order valence-electron chi connectivity index (χ2n) is 3.27. The number of carboxylic acid groups (broad SMARTS) is 1. The Bertz CT molecular complexity index is 421. The van der Waals surface area contributed by atoms with Crippen LogP contribution in [0.3, 0.4) is 0 Å². The quantitative estimate of drug-likeness (QED) is 0.543. The van der Waals surface area contributed by atoms with Gasteiger partial charge in [-0.25, -0.2) is 9.78 Å². The van der Waals surface area contributed by atoms with Crippen molar-refractivity contribution in [2.45, 2.75) is 12.5 Å². The highest BCUT2D eigenvalue weighted by Gasteiger charge is 2.15. The maximum Gasteiger partial charge on any atom is 0.332 e. The summed E-state index contributed by atoms with van der Waals surface area (Å²) < 4.78 is 0. The maximum absolute atomic E-state index is 11.5. The summed E-state index contributed by atoms with van der Waals surface area (Å²) in [6.45, 7) is -0.0255. The van der Waals surface area contributed by atoms with Gasteiger partial charge in [0.15, 0.2) is 11.8 Å². The fraction of sp³-hybridized carbons (Fsp3) is 0.300. The lowest BCUT2D eigenvalue weighted by Crippen LogP contribution is -2.30. The van der Waals surface area contributed by atoms with Crippen molar-refractivity contribution >= 4 is 11.9 Å². The average molecular weight is 240 g/mol. The minimum absolute atomic E-state index is 0.0255. The number of pyridine rings is 1. The van der Waals surface area contributed by atoms with Gasteiger partial charge in [0.25, 0.3) is 5.91 Å². The first-order valence-electron chi connectivity index (χ1n) is 4.85. The van der Waals surface area contributed by atoms with E-state index >= 15 is 0 Å². The summed E-state index contributed by atoms with van der Waals surface area (Å²) in [4.78, 5) is 25.4. The van der Waals surface area contributed by atoms with Crippen LogP contribution in [0.2, 0.25) is 0 Å². The Morgan fingerprint density at radius 3 is 2.76 bits per heavy atom. The molecule has 0 fully saturated rings. The minimum Gasteiger partial charge on any atom is -0.505 e. The summed E-state index contributed by atoms with van der Waals surface area (Å²) in [5.41, 5.74) is -0.141. The lowest BCUT2D eigenvalue weighted by atomic mass is 10.2. The van der Waals surface area contributed by atoms with Crippen molar-refractivity contribution in [1.82, 2.24) is 10.3 Å². The number of amides is 1. The number of aliphatic carboxylic acids is 1. The predicted octanol–water partition coefficient (Wildman–Crippen LogP) is -0.647. The van der Waals surface area contributed by atoms with Gasteiger partial charge in [0.05, 0.1) is 0 Å². The Kier molecular flexibility index (Phi) is 4.41. The van der Waals surface area contributed by atoms with Crippen molar-refractivity contribution in [2.75, 3.05) is 6.54 Å². The van der Waals surface area contributed by atoms with Crippen molar-refractivity contribution < 1.29 is 24.9 Å². The molecule has 1 amide bonds. The number of aromatic hydroxyl groups is 1. The van der Waals surface area contributed by atoms with Crippen molar-refractivity contribution in [3.63, 3.8) is 0 Å². The number of carbonyl (C=O) groups excluding carboxylic acids is 1. The number of aromatic nitrogens is 1. The molecule has 17 heavy (non-hydrogen) atoms. The largest absolute Gasteiger partial charge is 0.505 e. The van der Waals surface area contributed by atoms with Gasteiger partial charge in [0.1, 0.15) is 5.75 Å². The SMILES string of the molecule is O=C(NCCC(O)C(=O)O)c1ncccc1O. The first kappa shape index (κ1) is 12.9. The van der Waals surface area contributed by atoms with E-state index < -0.39 is 18.0 Å². The molecule has 1 aromatic heterocycles. The molecule has 92 valence electrons. The first-order chi connectivity index (χ1) is 8.02. The molecule has 0 radical (unpaired) electrons. The molecule has 0 spiro atoms. The molecule has 1 heterocycles. The first-order valence-corrected chi connectivity index (χ1v) is 4.85. The highest BCUT2D eigenvalue weighted by Crippen LogP contribution is 2.11. The Balaban J connectivity index is 2.46. The molecule has 0 saturated heterocycles. The molecule has 7 heteroatoms. The Labute approximate surface area is 96.7 Å². The zero-order valence-corrected chi connectivity index (χ0v) is 8.83. The number of carboxylic acids is 1. The molecule has 0 aliphatic heterocycles. The van der Waals surface area contributed by atoms with Crippen LogP contribution in [0.5, 0.6) is 5.75 Å². The third kappa shape index (κ3) is 3.72. The van der Waals surface area contributed by atoms with E-state index in [1.54, 1.807) is 0 Å². The minimum atomic E-state index is -1.52. The standard InChI is InChI=1S/C10H12N2O5/c13-6-2-1-4-11-8(6)9(15)12-5-3-7(14)10(16)17/h1-2,4,7,13-14H,3,5H2,(H,12,15)(H,16,17). The van der Waals surface area contributed by atoms with Crippen LogP contribution in [0.4, 0.5) is 0 Å². The molecule has 7 nitrogen and oxygen atoms in total. The van der Waals surface area contributed by atoms with E-state index in [-0.39, 0.29) is 24.4 Å². The van der Waals surface area contributed by atoms with Crippen LogP contribution in [0, 0.1) is 0 Å². The van der Waals surface area contributed by atoms with Crippen LogP contribution in [0.25, 0.3) is 0 Å². The second-order valence-corrected chi connectivity index (χ2v) is 3.27. The number of hydrogen-bond acceptors (Lipinski definition) is 5. The van der Waals surface area contributed by atoms with Crippen LogP contribution in [0.1, 0.15) is 16.9 Å². The molecular formula is C10H12N2O5. The summed E-state index contributed by atoms with van der Waals surface area (Å²) in [7, 11) is 0. The fourth-order valence-corrected chi connectivity index (χ4v) is 1.10. The van der Waals surface area contributed by atoms with Crippen LogP contribution in [-0.4, -0.2) is 44.8 Å². The summed E-state index contributed by atoms with van der Waals surface area (Å²) in [5.74, 6) is -2.23. The Morgan fingerprint density at radius 2 is 2.18 bits per heavy atom. The third-order valence-electron chi connectivity index (χ3n) is 1.99. The number of aliphatic hydroxyl groups is 1. The van der Waals surface area contributed by atoms with E-state index in [2.05, 4.69) is 10.3 Å². The number of aliphatic hydroxyl groups excluding tert-OH is 1. The van der Waals surface area contributed by atoms with Crippen LogP contribution < -0.4 is 5.32 Å². The summed E-state index contributed by atoms with van der Waals surface area (Å²) in [6.07, 6.45) is -0.289. The molecule has 0 bridgehead atoms. The Hall–Kier alpha value is -2.15. The Morgan fingerprint density at radius 1 is 1.47 bits per heavy atom. The van der Waals surface area contributed by atoms with Crippen LogP contribution in [0.15, 0.2) is 18.3 Å². The number of nitrogens with one attached hydrogen (secondary N) is 1. The van der Waals surface area contributed by atoms with Crippen molar-refractivity contribution in [2.24, 2.45) is 0 Å². The molecule has 0 aliphatic rings. The molecule has 0 aromatic carbocycles. The number of hydrogen-bond donors (Lipinski definition) is 4. The lowest BCUT2D eigenvalue weighted by molar-refractivity contribution is -0.146. The van der Waals surface area contributed by atoms with E-state index in [4.69, 9.17) is 10.2 Å². The highest BCUT2D eigenvalue weighted by molar-refractivity contribution is 5.94. The van der Waals surface area contributed by atoms with E-state index in [0.717, 1.165) is 0 Å². The monoisotopic (exact) mass is 240 g/mol. The molecule has 0 saturated carbocycles. The molecule has 1 unspecified atom stereocenters. The summed E-state index contributed by atoms with van der Waals surface area (Å²) >= 11 is 0. The van der Waals surface area contributed by atoms with Gasteiger partial charge in [-0.2, -0.15) is 0 Å². The van der Waals surface area contributed by atoms with E-state index in [9.17, 15) is 14.7 Å². The van der Waals surface area contributed by atoms with Gasteiger partial charge in [-0.1, -0.05) is 0 Å². The highest BCUT2D eigenvalue weighted by atomic mass is 16.4. The predicted molar refractivity (Wildman–Crippen MR) is 56.5 cm³/mol. The zero-order chi connectivity index (χ0) is 12.8. The van der Waals surface area contributed by atoms with Gasteiger partial charge < -0.3 is 20.6 Å². The van der Waals surface area contributed by atoms with E-state index in [1.807, 2.05) is 0 Å². The molecule has 1 atom stereocenters. The van der Waals surface area contributed by atoms with Gasteiger partial charge in [-0.15, -0.1) is 0 Å². The molecular weight excluding hydrogens is 228 g/mol. The topological polar surface area (TPSA) is 120 Å². The van der Waals surface area contributed by atoms with Crippen molar-refractivity contribution in [1.29, 1.82) is 0 Å².